The lowest BCUT2D eigenvalue weighted by Gasteiger charge is -2.50. The van der Waals surface area contributed by atoms with E-state index in [1.165, 1.54) is 0 Å². The summed E-state index contributed by atoms with van der Waals surface area (Å²) in [5.74, 6) is 0. The maximum atomic E-state index is 10.7. The number of aliphatic hydroxyl groups is 1. The summed E-state index contributed by atoms with van der Waals surface area (Å²) in [6.45, 7) is 0. The molecule has 1 rings (SSSR count). The van der Waals surface area contributed by atoms with Crippen LogP contribution in [0.4, 0.5) is 0 Å². The molecule has 0 fully saturated rings. The van der Waals surface area contributed by atoms with Gasteiger partial charge in [0.1, 0.15) is 15.7 Å². The quantitative estimate of drug-likeness (QED) is 0.496. The fraction of sp³-hybridized carbons (Fsp3) is 0.333. The highest BCUT2D eigenvalue weighted by molar-refractivity contribution is 6.63. The summed E-state index contributed by atoms with van der Waals surface area (Å²) in [5, 5.41) is 10.4. The molecule has 16 heavy (non-hydrogen) atoms. The fourth-order valence-electron chi connectivity index (χ4n) is 1.84. The molecule has 2 nitrogen and oxygen atoms in total. The van der Waals surface area contributed by atoms with Crippen LogP contribution in [0.5, 0.6) is 0 Å². The first-order valence-electron chi connectivity index (χ1n) is 5.67. The van der Waals surface area contributed by atoms with Gasteiger partial charge >= 0.3 is 0 Å². The molecule has 0 aliphatic carbocycles. The Morgan fingerprint density at radius 1 is 0.938 bits per heavy atom. The highest BCUT2D eigenvalue weighted by Crippen LogP contribution is 2.37. The van der Waals surface area contributed by atoms with Gasteiger partial charge in [-0.1, -0.05) is 35.4 Å². The van der Waals surface area contributed by atoms with E-state index >= 15 is 0 Å². The normalized spacial score (nSPS) is 19.6. The number of hydrogen-bond donors (Lipinski definition) is 2. The third-order valence-electron chi connectivity index (χ3n) is 3.85. The lowest BCUT2D eigenvalue weighted by molar-refractivity contribution is 0.0798. The van der Waals surface area contributed by atoms with Gasteiger partial charge < -0.3 is 10.8 Å². The van der Waals surface area contributed by atoms with Crippen LogP contribution in [-0.4, -0.2) is 49.8 Å². The molecule has 0 spiro atoms. The lowest BCUT2D eigenvalue weighted by atomic mass is 9.27. The molecule has 1 aromatic carbocycles. The third-order valence-corrected chi connectivity index (χ3v) is 3.85. The second-order valence-corrected chi connectivity index (χ2v) is 5.89. The second kappa shape index (κ2) is 4.04. The molecule has 1 aromatic rings. The van der Waals surface area contributed by atoms with E-state index in [1.807, 2.05) is 61.7 Å². The average molecular weight is 210 g/mol. The molecule has 3 N–H and O–H groups in total. The van der Waals surface area contributed by atoms with Crippen molar-refractivity contribution in [2.75, 3.05) is 0 Å². The Morgan fingerprint density at radius 2 is 1.38 bits per heavy atom. The van der Waals surface area contributed by atoms with Gasteiger partial charge in [0.25, 0.3) is 0 Å². The molecule has 0 radical (unpaired) electrons. The van der Waals surface area contributed by atoms with Crippen LogP contribution in [-0.2, 0) is 5.44 Å². The zero-order valence-corrected chi connectivity index (χ0v) is 10.9. The van der Waals surface area contributed by atoms with Crippen LogP contribution < -0.4 is 5.73 Å². The van der Waals surface area contributed by atoms with Crippen molar-refractivity contribution in [1.29, 1.82) is 0 Å². The summed E-state index contributed by atoms with van der Waals surface area (Å²) in [7, 11) is 9.69. The van der Waals surface area contributed by atoms with Crippen molar-refractivity contribution < 1.29 is 5.11 Å². The van der Waals surface area contributed by atoms with E-state index < -0.39 is 10.9 Å². The van der Waals surface area contributed by atoms with Crippen LogP contribution in [0.25, 0.3) is 0 Å². The predicted molar refractivity (Wildman–Crippen MR) is 82.7 cm³/mol. The van der Waals surface area contributed by atoms with E-state index in [-0.39, 0.29) is 5.11 Å². The zero-order chi connectivity index (χ0) is 12.6. The fourth-order valence-corrected chi connectivity index (χ4v) is 1.84. The van der Waals surface area contributed by atoms with Crippen molar-refractivity contribution in [2.24, 2.45) is 5.73 Å². The monoisotopic (exact) mass is 211 g/mol. The number of benzene rings is 1. The van der Waals surface area contributed by atoms with Gasteiger partial charge in [0.2, 0.25) is 0 Å². The molecule has 0 amide bonds. The Labute approximate surface area is 102 Å². The molecule has 1 unspecified atom stereocenters. The molecule has 0 heterocycles. The predicted octanol–water partition coefficient (Wildman–Crippen LogP) is -4.27. The molecular formula is C9H18B5NO. The molecule has 2 atom stereocenters. The first kappa shape index (κ1) is 13.5. The van der Waals surface area contributed by atoms with Gasteiger partial charge in [0, 0.05) is 10.9 Å². The summed E-state index contributed by atoms with van der Waals surface area (Å²) < 4.78 is 0. The zero-order valence-electron chi connectivity index (χ0n) is 10.9. The van der Waals surface area contributed by atoms with Crippen LogP contribution in [0.15, 0.2) is 30.3 Å². The summed E-state index contributed by atoms with van der Waals surface area (Å²) in [6, 6.07) is 9.75. The van der Waals surface area contributed by atoms with Gasteiger partial charge in [-0.2, -0.15) is 0 Å². The van der Waals surface area contributed by atoms with Gasteiger partial charge in [0.15, 0.2) is 0 Å². The highest BCUT2D eigenvalue weighted by atomic mass is 16.3. The van der Waals surface area contributed by atoms with Crippen LogP contribution in [0, 0.1) is 0 Å². The van der Waals surface area contributed by atoms with Crippen molar-refractivity contribution in [3.8, 4) is 0 Å². The Morgan fingerprint density at radius 3 is 1.75 bits per heavy atom. The molecule has 7 heteroatoms. The Balaban J connectivity index is 3.22. The van der Waals surface area contributed by atoms with Crippen molar-refractivity contribution >= 4 is 39.2 Å². The molecular weight excluding hydrogens is 192 g/mol. The third kappa shape index (κ3) is 2.11. The van der Waals surface area contributed by atoms with Crippen molar-refractivity contribution in [3.05, 3.63) is 35.9 Å². The van der Waals surface area contributed by atoms with E-state index in [0.717, 1.165) is 5.56 Å². The van der Waals surface area contributed by atoms with E-state index in [2.05, 4.69) is 0 Å². The van der Waals surface area contributed by atoms with Crippen LogP contribution in [0.2, 0.25) is 5.11 Å². The number of nitrogens with two attached hydrogens (primary N) is 1. The van der Waals surface area contributed by atoms with E-state index in [0.29, 0.717) is 0 Å². The molecule has 0 aromatic heterocycles. The SMILES string of the molecule is BC(B)(B)C(B)(O)[C@@](B)(N)c1ccccc1. The molecule has 80 valence electrons. The highest BCUT2D eigenvalue weighted by Gasteiger charge is 2.48. The summed E-state index contributed by atoms with van der Waals surface area (Å²) in [5.41, 5.74) is 5.55. The second-order valence-electron chi connectivity index (χ2n) is 5.89. The Kier molecular flexibility index (Phi) is 3.42. The first-order chi connectivity index (χ1) is 7.11. The van der Waals surface area contributed by atoms with Crippen molar-refractivity contribution in [1.82, 2.24) is 0 Å². The minimum Gasteiger partial charge on any atom is -0.399 e. The molecule has 0 saturated heterocycles. The van der Waals surface area contributed by atoms with Crippen molar-refractivity contribution in [3.63, 3.8) is 0 Å². The van der Waals surface area contributed by atoms with Gasteiger partial charge in [-0.05, 0) is 5.56 Å². The van der Waals surface area contributed by atoms with E-state index in [4.69, 9.17) is 5.73 Å². The van der Waals surface area contributed by atoms with Gasteiger partial charge in [-0.15, -0.1) is 0 Å². The summed E-state index contributed by atoms with van der Waals surface area (Å²) >= 11 is 0. The smallest absolute Gasteiger partial charge is 0.142 e. The Hall–Kier alpha value is -0.535. The summed E-state index contributed by atoms with van der Waals surface area (Å²) in [4.78, 5) is 0. The maximum Gasteiger partial charge on any atom is 0.142 e. The van der Waals surface area contributed by atoms with Crippen LogP contribution in [0.1, 0.15) is 5.56 Å². The molecule has 0 aliphatic heterocycles. The lowest BCUT2D eigenvalue weighted by Crippen LogP contribution is -2.65. The maximum absolute atomic E-state index is 10.7. The number of hydrogen-bond acceptors (Lipinski definition) is 2. The van der Waals surface area contributed by atoms with Crippen LogP contribution in [0.3, 0.4) is 0 Å². The molecule has 0 aliphatic rings. The van der Waals surface area contributed by atoms with E-state index in [1.54, 1.807) is 7.85 Å². The van der Waals surface area contributed by atoms with Gasteiger partial charge in [-0.25, -0.2) is 0 Å². The minimum atomic E-state index is -0.985. The summed E-state index contributed by atoms with van der Waals surface area (Å²) in [6.07, 6.45) is 0. The molecule has 0 bridgehead atoms. The van der Waals surface area contributed by atoms with Gasteiger partial charge in [0.05, 0.1) is 23.5 Å². The Bertz CT molecular complexity index is 360. The van der Waals surface area contributed by atoms with Crippen LogP contribution >= 0.6 is 0 Å². The first-order valence-corrected chi connectivity index (χ1v) is 5.67. The average Bonchev–Trinajstić information content (AvgIpc) is 2.17. The molecule has 0 saturated carbocycles. The van der Waals surface area contributed by atoms with E-state index in [9.17, 15) is 5.11 Å². The largest absolute Gasteiger partial charge is 0.399 e. The standard InChI is InChI=1S/C9H18B5NO/c10-7(15,6-4-2-1-3-5-6)8(11,16)9(12,13)14/h1-5,16H,10-15H2/t7-,8?/m0/s1. The topological polar surface area (TPSA) is 46.2 Å². The number of rotatable bonds is 3. The minimum absolute atomic E-state index is 0.285. The van der Waals surface area contributed by atoms with Crippen molar-refractivity contribution in [2.45, 2.75) is 16.1 Å². The van der Waals surface area contributed by atoms with Gasteiger partial charge in [-0.3, -0.25) is 0 Å².